The van der Waals surface area contributed by atoms with Crippen molar-refractivity contribution in [3.8, 4) is 44.5 Å². The quantitative estimate of drug-likeness (QED) is 0.158. The predicted octanol–water partition coefficient (Wildman–Crippen LogP) is 6.62. The van der Waals surface area contributed by atoms with Crippen LogP contribution >= 0.6 is 0 Å². The molecule has 7 aromatic heterocycles. The molecule has 7 aromatic rings. The molecule has 0 unspecified atom stereocenters. The van der Waals surface area contributed by atoms with Gasteiger partial charge in [-0.25, -0.2) is 28.2 Å². The molecule has 0 fully saturated rings. The van der Waals surface area contributed by atoms with Crippen LogP contribution in [-0.4, -0.2) is 19.9 Å². The Morgan fingerprint density at radius 3 is 1.00 bits per heavy atom. The Morgan fingerprint density at radius 1 is 0.377 bits per heavy atom. The molecule has 0 saturated carbocycles. The van der Waals surface area contributed by atoms with E-state index in [9.17, 15) is 0 Å². The number of fused-ring (bicyclic) bond motifs is 8. The van der Waals surface area contributed by atoms with Gasteiger partial charge in [-0.05, 0) is 72.8 Å². The summed E-state index contributed by atoms with van der Waals surface area (Å²) in [6, 6.07) is 25.6. The van der Waals surface area contributed by atoms with Crippen molar-refractivity contribution in [3.63, 3.8) is 0 Å². The van der Waals surface area contributed by atoms with Crippen LogP contribution in [0.15, 0.2) is 122 Å². The zero-order chi connectivity index (χ0) is 35.3. The fraction of sp³-hybridized carbons (Fsp3) is 0.0909. The third-order valence-electron chi connectivity index (χ3n) is 9.67. The maximum atomic E-state index is 5.39. The normalized spacial score (nSPS) is 11.8. The van der Waals surface area contributed by atoms with Gasteiger partial charge in [0.15, 0.2) is 49.6 Å². The van der Waals surface area contributed by atoms with Gasteiger partial charge in [0.05, 0.1) is 28.3 Å². The molecule has 0 radical (unpaired) electrons. The zero-order valence-corrected chi connectivity index (χ0v) is 31.1. The molecule has 0 aromatic carbocycles. The van der Waals surface area contributed by atoms with Gasteiger partial charge in [-0.2, -0.15) is 0 Å². The minimum Gasteiger partial charge on any atom is -0.354 e. The van der Waals surface area contributed by atoms with Gasteiger partial charge >= 0.3 is 17.1 Å². The van der Waals surface area contributed by atoms with Gasteiger partial charge in [-0.15, -0.1) is 0 Å². The maximum Gasteiger partial charge on any atom is 3.00 e. The van der Waals surface area contributed by atoms with Crippen LogP contribution in [0.3, 0.4) is 0 Å². The summed E-state index contributed by atoms with van der Waals surface area (Å²) in [7, 11) is 8.20. The van der Waals surface area contributed by atoms with Gasteiger partial charge in [-0.3, -0.25) is 0 Å². The molecule has 8 nitrogen and oxygen atoms in total. The minimum atomic E-state index is 0. The summed E-state index contributed by atoms with van der Waals surface area (Å²) in [5.74, 6) is 0. The van der Waals surface area contributed by atoms with Crippen molar-refractivity contribution in [2.75, 3.05) is 0 Å². The Balaban J connectivity index is 0.00000400. The molecule has 0 amide bonds. The van der Waals surface area contributed by atoms with Gasteiger partial charge in [0.1, 0.15) is 28.2 Å². The second-order valence-corrected chi connectivity index (χ2v) is 13.5. The number of hydrogen-bond acceptors (Lipinski definition) is 2. The second kappa shape index (κ2) is 13.7. The Hall–Kier alpha value is -6.28. The molecule has 9 heterocycles. The van der Waals surface area contributed by atoms with Crippen LogP contribution < -0.4 is 18.3 Å². The van der Waals surface area contributed by atoms with Crippen LogP contribution in [0.25, 0.3) is 90.9 Å². The number of hydrogen-bond donors (Lipinski definition) is 2. The number of nitrogens with zero attached hydrogens (tertiary/aromatic N) is 6. The van der Waals surface area contributed by atoms with Gasteiger partial charge in [0, 0.05) is 85.3 Å². The van der Waals surface area contributed by atoms with E-state index in [1.807, 2.05) is 39.7 Å². The Kier molecular flexibility index (Phi) is 8.74. The number of pyridine rings is 4. The summed E-state index contributed by atoms with van der Waals surface area (Å²) in [5, 5.41) is 0. The largest absolute Gasteiger partial charge is 3.00 e. The van der Waals surface area contributed by atoms with Gasteiger partial charge < -0.3 is 9.97 Å². The average molecular weight is 734 g/mol. The van der Waals surface area contributed by atoms with Crippen LogP contribution in [0.5, 0.6) is 0 Å². The van der Waals surface area contributed by atoms with E-state index < -0.39 is 0 Å². The van der Waals surface area contributed by atoms with Gasteiger partial charge in [-0.1, -0.05) is 0 Å². The molecule has 254 valence electrons. The number of nitrogens with one attached hydrogen (secondary N) is 2. The fourth-order valence-corrected chi connectivity index (χ4v) is 7.36. The van der Waals surface area contributed by atoms with Crippen LogP contribution in [-0.2, 0) is 45.3 Å². The molecular weight excluding hydrogens is 695 g/mol. The monoisotopic (exact) mass is 733 g/mol. The third kappa shape index (κ3) is 6.31. The topological polar surface area (TPSA) is 72.9 Å². The molecule has 8 bridgehead atoms. The molecule has 2 aliphatic rings. The Bertz CT molecular complexity index is 2660. The number of aryl methyl sites for hydroxylation is 4. The zero-order valence-electron chi connectivity index (χ0n) is 29.9. The predicted molar refractivity (Wildman–Crippen MR) is 205 cm³/mol. The van der Waals surface area contributed by atoms with Crippen molar-refractivity contribution in [2.24, 2.45) is 28.2 Å². The minimum absolute atomic E-state index is 0. The smallest absolute Gasteiger partial charge is 0.354 e. The van der Waals surface area contributed by atoms with Crippen LogP contribution in [0.1, 0.15) is 22.8 Å². The standard InChI is InChI=1S/C44H38N8.Mn/c1-49-21-5-9-29(25-49)41-33-13-15-35(45-33)42(30-10-6-22-50(2)26-30)37-17-19-39(47-37)44(32-12-8-24-52(4)28-32)40-20-18-38(48-40)43(36-16-14-34(41)46-36)31-11-7-23-51(3)27-31;/h5-28,45-46H,1-4H3;/q+4;+3. The molecule has 9 heteroatoms. The summed E-state index contributed by atoms with van der Waals surface area (Å²) in [5.41, 5.74) is 15.8. The molecular formula is C44H38MnN8+7. The maximum absolute atomic E-state index is 5.39. The van der Waals surface area contributed by atoms with Crippen molar-refractivity contribution in [2.45, 2.75) is 0 Å². The Labute approximate surface area is 318 Å². The summed E-state index contributed by atoms with van der Waals surface area (Å²) < 4.78 is 8.31. The van der Waals surface area contributed by atoms with Crippen LogP contribution in [0, 0.1) is 0 Å². The molecule has 2 N–H and O–H groups in total. The van der Waals surface area contributed by atoms with Crippen LogP contribution in [0.2, 0.25) is 0 Å². The molecule has 53 heavy (non-hydrogen) atoms. The first-order valence-electron chi connectivity index (χ1n) is 17.4. The number of rotatable bonds is 4. The van der Waals surface area contributed by atoms with E-state index in [1.165, 1.54) is 0 Å². The van der Waals surface area contributed by atoms with Gasteiger partial charge in [0.25, 0.3) is 0 Å². The first kappa shape index (κ1) is 33.8. The van der Waals surface area contributed by atoms with Crippen molar-refractivity contribution in [1.29, 1.82) is 0 Å². The van der Waals surface area contributed by atoms with Crippen molar-refractivity contribution >= 4 is 46.4 Å². The first-order valence-corrected chi connectivity index (χ1v) is 17.4. The Morgan fingerprint density at radius 2 is 0.660 bits per heavy atom. The summed E-state index contributed by atoms with van der Waals surface area (Å²) in [4.78, 5) is 18.5. The van der Waals surface area contributed by atoms with E-state index >= 15 is 0 Å². The summed E-state index contributed by atoms with van der Waals surface area (Å²) in [6.07, 6.45) is 25.3. The van der Waals surface area contributed by atoms with Gasteiger partial charge in [0.2, 0.25) is 0 Å². The molecule has 0 spiro atoms. The summed E-state index contributed by atoms with van der Waals surface area (Å²) in [6.45, 7) is 0. The average Bonchev–Trinajstić information content (AvgIpc) is 3.96. The second-order valence-electron chi connectivity index (χ2n) is 13.5. The fourth-order valence-electron chi connectivity index (χ4n) is 7.36. The third-order valence-corrected chi connectivity index (χ3v) is 9.67. The van der Waals surface area contributed by atoms with E-state index in [0.29, 0.717) is 0 Å². The van der Waals surface area contributed by atoms with E-state index in [0.717, 1.165) is 89.4 Å². The van der Waals surface area contributed by atoms with Crippen LogP contribution in [0.4, 0.5) is 0 Å². The number of aromatic nitrogens is 8. The molecule has 0 aliphatic carbocycles. The van der Waals surface area contributed by atoms with E-state index in [2.05, 4.69) is 163 Å². The summed E-state index contributed by atoms with van der Waals surface area (Å²) >= 11 is 0. The molecule has 0 saturated heterocycles. The van der Waals surface area contributed by atoms with Crippen molar-refractivity contribution in [1.82, 2.24) is 19.9 Å². The van der Waals surface area contributed by atoms with Crippen molar-refractivity contribution in [3.05, 3.63) is 145 Å². The SMILES string of the molecule is C[n+]1cccc(-c2c3nc(c(-c4ccc[n+](C)c4)c4ccc([nH]4)c(-c4ccc[n+](C)c4)c4ccc([nH]4)c(-c4ccc[n+](C)c4)c4nc2C=C4)C=C3)c1.[Mn+3]. The number of H-pyrrole nitrogens is 2. The van der Waals surface area contributed by atoms with Crippen molar-refractivity contribution < 1.29 is 35.3 Å². The van der Waals surface area contributed by atoms with E-state index in [-0.39, 0.29) is 17.1 Å². The van der Waals surface area contributed by atoms with E-state index in [4.69, 9.17) is 9.97 Å². The molecule has 2 aliphatic heterocycles. The molecule has 0 atom stereocenters. The van der Waals surface area contributed by atoms with E-state index in [1.54, 1.807) is 0 Å². The molecule has 9 rings (SSSR count). The first-order chi connectivity index (χ1) is 25.4. The number of aromatic amines is 2.